The Morgan fingerprint density at radius 3 is 0.550 bits per heavy atom. The molecule has 0 atom stereocenters. The van der Waals surface area contributed by atoms with Crippen LogP contribution in [0.15, 0.2) is 54.6 Å². The Kier molecular flexibility index (Phi) is 17.3. The molecule has 222 valence electrons. The maximum absolute atomic E-state index is 9.93. The molecule has 3 aromatic carbocycles. The third-order valence-electron chi connectivity index (χ3n) is 7.03. The van der Waals surface area contributed by atoms with Gasteiger partial charge in [0.05, 0.1) is 0 Å². The summed E-state index contributed by atoms with van der Waals surface area (Å²) in [5, 5.41) is 29.8. The maximum atomic E-state index is 9.93. The molecule has 40 heavy (non-hydrogen) atoms. The van der Waals surface area contributed by atoms with Crippen molar-refractivity contribution in [3.05, 3.63) is 88.0 Å². The molecular weight excluding hydrogens is 631 g/mol. The number of phenolic OH excluding ortho intramolecular Hbond substituents is 3. The molecule has 0 saturated carbocycles. The number of rotatable bonds is 6. The summed E-state index contributed by atoms with van der Waals surface area (Å²) in [7, 11) is 0. The monoisotopic (exact) mass is 686 g/mol. The summed E-state index contributed by atoms with van der Waals surface area (Å²) in [6.07, 6.45) is 0. The Balaban J connectivity index is 0.000000563. The molecular formula is C36H54O3Sm. The standard InChI is InChI=1S/3C12H18O.Sm/c3*1-8(2)10-6-5-7-11(9(3)4)12(10)13;/h3*5-9,13H,1-4H3;. The summed E-state index contributed by atoms with van der Waals surface area (Å²) in [4.78, 5) is 0. The van der Waals surface area contributed by atoms with E-state index in [1.54, 1.807) is 0 Å². The summed E-state index contributed by atoms with van der Waals surface area (Å²) in [5.74, 6) is 3.76. The Labute approximate surface area is 277 Å². The van der Waals surface area contributed by atoms with Gasteiger partial charge in [-0.05, 0) is 68.9 Å². The van der Waals surface area contributed by atoms with Crippen molar-refractivity contribution in [3.8, 4) is 17.2 Å². The van der Waals surface area contributed by atoms with E-state index in [4.69, 9.17) is 0 Å². The zero-order valence-corrected chi connectivity index (χ0v) is 29.5. The second kappa shape index (κ2) is 18.0. The van der Waals surface area contributed by atoms with Crippen LogP contribution in [0.2, 0.25) is 0 Å². The van der Waals surface area contributed by atoms with E-state index in [-0.39, 0.29) is 40.4 Å². The predicted molar refractivity (Wildman–Crippen MR) is 169 cm³/mol. The van der Waals surface area contributed by atoms with Gasteiger partial charge >= 0.3 is 0 Å². The number of para-hydroxylation sites is 3. The first-order chi connectivity index (χ1) is 18.1. The van der Waals surface area contributed by atoms with Crippen molar-refractivity contribution in [3.63, 3.8) is 0 Å². The third kappa shape index (κ3) is 11.0. The Bertz CT molecular complexity index is 936. The summed E-state index contributed by atoms with van der Waals surface area (Å²) >= 11 is 0. The average molecular weight is 685 g/mol. The molecule has 0 aliphatic rings. The van der Waals surface area contributed by atoms with Gasteiger partial charge < -0.3 is 15.3 Å². The summed E-state index contributed by atoms with van der Waals surface area (Å²) < 4.78 is 0. The van der Waals surface area contributed by atoms with Gasteiger partial charge in [0.25, 0.3) is 0 Å². The molecule has 3 aromatic rings. The molecule has 3 nitrogen and oxygen atoms in total. The fourth-order valence-corrected chi connectivity index (χ4v) is 4.54. The van der Waals surface area contributed by atoms with Crippen LogP contribution in [-0.2, 0) is 0 Å². The van der Waals surface area contributed by atoms with Crippen LogP contribution in [0.25, 0.3) is 0 Å². The molecule has 4 heteroatoms. The van der Waals surface area contributed by atoms with Gasteiger partial charge in [-0.1, -0.05) is 138 Å². The van der Waals surface area contributed by atoms with Crippen LogP contribution in [0, 0.1) is 40.4 Å². The fraction of sp³-hybridized carbons (Fsp3) is 0.500. The minimum atomic E-state index is 0. The number of aromatic hydroxyl groups is 3. The summed E-state index contributed by atoms with van der Waals surface area (Å²) in [6, 6.07) is 18.0. The van der Waals surface area contributed by atoms with E-state index in [1.165, 1.54) is 0 Å². The van der Waals surface area contributed by atoms with Crippen LogP contribution >= 0.6 is 0 Å². The van der Waals surface area contributed by atoms with Gasteiger partial charge in [-0.15, -0.1) is 0 Å². The Morgan fingerprint density at radius 2 is 0.450 bits per heavy atom. The van der Waals surface area contributed by atoms with E-state index >= 15 is 0 Å². The molecule has 0 saturated heterocycles. The van der Waals surface area contributed by atoms with E-state index in [9.17, 15) is 15.3 Å². The molecule has 3 rings (SSSR count). The van der Waals surface area contributed by atoms with E-state index < -0.39 is 0 Å². The molecule has 0 fully saturated rings. The van der Waals surface area contributed by atoms with Crippen molar-refractivity contribution in [1.82, 2.24) is 0 Å². The number of benzene rings is 3. The van der Waals surface area contributed by atoms with Gasteiger partial charge in [0.15, 0.2) is 0 Å². The van der Waals surface area contributed by atoms with Gasteiger partial charge in [-0.2, -0.15) is 0 Å². The zero-order chi connectivity index (χ0) is 30.0. The van der Waals surface area contributed by atoms with Crippen molar-refractivity contribution in [2.75, 3.05) is 0 Å². The second-order valence-electron chi connectivity index (χ2n) is 12.3. The molecule has 0 aliphatic heterocycles. The van der Waals surface area contributed by atoms with Crippen LogP contribution < -0.4 is 0 Å². The number of hydrogen-bond donors (Lipinski definition) is 3. The zero-order valence-electron chi connectivity index (χ0n) is 26.9. The van der Waals surface area contributed by atoms with Crippen LogP contribution in [0.1, 0.15) is 152 Å². The second-order valence-corrected chi connectivity index (χ2v) is 12.3. The van der Waals surface area contributed by atoms with E-state index in [2.05, 4.69) is 83.1 Å². The van der Waals surface area contributed by atoms with E-state index in [0.29, 0.717) is 52.8 Å². The van der Waals surface area contributed by atoms with Crippen LogP contribution in [0.5, 0.6) is 17.2 Å². The first-order valence-corrected chi connectivity index (χ1v) is 14.6. The normalized spacial score (nSPS) is 10.9. The van der Waals surface area contributed by atoms with Crippen molar-refractivity contribution >= 4 is 0 Å². The maximum Gasteiger partial charge on any atom is 0.122 e. The molecule has 0 radical (unpaired) electrons. The predicted octanol–water partition coefficient (Wildman–Crippen LogP) is 10.9. The number of phenols is 3. The van der Waals surface area contributed by atoms with Gasteiger partial charge in [0, 0.05) is 40.4 Å². The molecule has 0 aromatic heterocycles. The van der Waals surface area contributed by atoms with Crippen LogP contribution in [0.3, 0.4) is 0 Å². The molecule has 0 spiro atoms. The van der Waals surface area contributed by atoms with Gasteiger partial charge in [0.1, 0.15) is 17.2 Å². The molecule has 3 N–H and O–H groups in total. The molecule has 0 amide bonds. The fourth-order valence-electron chi connectivity index (χ4n) is 4.54. The third-order valence-corrected chi connectivity index (χ3v) is 7.03. The minimum absolute atomic E-state index is 0. The summed E-state index contributed by atoms with van der Waals surface area (Å²) in [5.41, 5.74) is 6.28. The minimum Gasteiger partial charge on any atom is -0.507 e. The largest absolute Gasteiger partial charge is 0.507 e. The average Bonchev–Trinajstić information content (AvgIpc) is 2.84. The van der Waals surface area contributed by atoms with Crippen molar-refractivity contribution in [1.29, 1.82) is 0 Å². The quantitative estimate of drug-likeness (QED) is 0.242. The summed E-state index contributed by atoms with van der Waals surface area (Å²) in [6.45, 7) is 25.2. The first kappa shape index (κ1) is 38.4. The van der Waals surface area contributed by atoms with E-state index in [1.807, 2.05) is 54.6 Å². The van der Waals surface area contributed by atoms with E-state index in [0.717, 1.165) is 33.4 Å². The topological polar surface area (TPSA) is 60.7 Å². The van der Waals surface area contributed by atoms with Gasteiger partial charge in [-0.25, -0.2) is 0 Å². The molecule has 0 heterocycles. The van der Waals surface area contributed by atoms with Crippen LogP contribution in [0.4, 0.5) is 0 Å². The smallest absolute Gasteiger partial charge is 0.122 e. The van der Waals surface area contributed by atoms with Gasteiger partial charge in [-0.3, -0.25) is 0 Å². The Morgan fingerprint density at radius 1 is 0.325 bits per heavy atom. The molecule has 0 aliphatic carbocycles. The first-order valence-electron chi connectivity index (χ1n) is 14.6. The van der Waals surface area contributed by atoms with Gasteiger partial charge in [0.2, 0.25) is 0 Å². The van der Waals surface area contributed by atoms with Crippen molar-refractivity contribution in [2.45, 2.75) is 119 Å². The van der Waals surface area contributed by atoms with Crippen molar-refractivity contribution < 1.29 is 55.7 Å². The van der Waals surface area contributed by atoms with Crippen LogP contribution in [-0.4, -0.2) is 15.3 Å². The van der Waals surface area contributed by atoms with Crippen molar-refractivity contribution in [2.24, 2.45) is 0 Å². The number of hydrogen-bond acceptors (Lipinski definition) is 3. The molecule has 0 bridgehead atoms. The Hall–Kier alpha value is -1.60. The SMILES string of the molecule is CC(C)c1cccc(C(C)C)c1O.CC(C)c1cccc(C(C)C)c1O.CC(C)c1cccc(C(C)C)c1O.[Sm]. The molecule has 0 unspecified atom stereocenters.